The number of benzene rings is 3. The van der Waals surface area contributed by atoms with Gasteiger partial charge >= 0.3 is 0 Å². The molecule has 26 heavy (non-hydrogen) atoms. The minimum Gasteiger partial charge on any atom is -0.378 e. The molecular formula is C25H31N. The van der Waals surface area contributed by atoms with Gasteiger partial charge in [-0.1, -0.05) is 106 Å². The molecule has 1 N–H and O–H groups in total. The topological polar surface area (TPSA) is 12.0 Å². The fourth-order valence-electron chi connectivity index (χ4n) is 3.60. The fourth-order valence-corrected chi connectivity index (χ4v) is 3.60. The van der Waals surface area contributed by atoms with Gasteiger partial charge in [-0.05, 0) is 34.9 Å². The Balaban J connectivity index is 0.000000167. The van der Waals surface area contributed by atoms with Gasteiger partial charge in [-0.3, -0.25) is 0 Å². The maximum Gasteiger partial charge on any atom is 0.0513 e. The summed E-state index contributed by atoms with van der Waals surface area (Å²) >= 11 is 0. The highest BCUT2D eigenvalue weighted by Crippen LogP contribution is 2.30. The van der Waals surface area contributed by atoms with E-state index in [0.29, 0.717) is 6.04 Å². The molecule has 0 amide bonds. The number of hydrogen-bond acceptors (Lipinski definition) is 1. The number of hydrogen-bond donors (Lipinski definition) is 1. The molecule has 0 spiro atoms. The second kappa shape index (κ2) is 10.0. The van der Waals surface area contributed by atoms with Crippen molar-refractivity contribution in [2.75, 3.05) is 5.32 Å². The molecule has 0 aliphatic carbocycles. The predicted octanol–water partition coefficient (Wildman–Crippen LogP) is 7.74. The van der Waals surface area contributed by atoms with E-state index in [1.165, 1.54) is 67.0 Å². The second-order valence-electron chi connectivity index (χ2n) is 7.22. The lowest BCUT2D eigenvalue weighted by molar-refractivity contribution is 0.559. The quantitative estimate of drug-likeness (QED) is 0.432. The molecule has 0 saturated heterocycles. The normalized spacial score (nSPS) is 14.6. The molecule has 5 rings (SSSR count). The van der Waals surface area contributed by atoms with Gasteiger partial charge in [-0.2, -0.15) is 0 Å². The molecule has 0 fully saturated rings. The van der Waals surface area contributed by atoms with Crippen LogP contribution in [0.15, 0.2) is 72.8 Å². The molecule has 2 bridgehead atoms. The summed E-state index contributed by atoms with van der Waals surface area (Å²) < 4.78 is 0. The Morgan fingerprint density at radius 2 is 1.19 bits per heavy atom. The van der Waals surface area contributed by atoms with Crippen LogP contribution in [0.25, 0.3) is 10.8 Å². The maximum absolute atomic E-state index is 3.56. The summed E-state index contributed by atoms with van der Waals surface area (Å²) in [6, 6.07) is 26.2. The van der Waals surface area contributed by atoms with Crippen molar-refractivity contribution in [3.05, 3.63) is 78.4 Å². The van der Waals surface area contributed by atoms with Crippen LogP contribution in [0.5, 0.6) is 0 Å². The van der Waals surface area contributed by atoms with Crippen molar-refractivity contribution in [1.82, 2.24) is 0 Å². The van der Waals surface area contributed by atoms with Gasteiger partial charge in [0.1, 0.15) is 0 Å². The van der Waals surface area contributed by atoms with Gasteiger partial charge in [-0.25, -0.2) is 0 Å². The summed E-state index contributed by atoms with van der Waals surface area (Å²) in [6.07, 6.45) is 9.63. The molecular weight excluding hydrogens is 314 g/mol. The van der Waals surface area contributed by atoms with Crippen molar-refractivity contribution in [3.8, 4) is 0 Å². The van der Waals surface area contributed by atoms with E-state index >= 15 is 0 Å². The standard InChI is InChI=1S/C15H23N.C10H8/c1-2-3-4-5-6-7-8-15-13-9-11-14(16-15)12-10-13;1-2-6-10-8-4-3-7-9(10)5-1/h9-12,15-16H,2-8H2,1H3;1-8H. The molecule has 1 atom stereocenters. The Bertz CT molecular complexity index is 710. The first-order chi connectivity index (χ1) is 12.9. The molecule has 3 aromatic rings. The first kappa shape index (κ1) is 18.5. The van der Waals surface area contributed by atoms with Crippen LogP contribution >= 0.6 is 0 Å². The Labute approximate surface area is 158 Å². The molecule has 0 aromatic heterocycles. The number of rotatable bonds is 7. The van der Waals surface area contributed by atoms with E-state index in [9.17, 15) is 0 Å². The van der Waals surface area contributed by atoms with E-state index in [-0.39, 0.29) is 0 Å². The van der Waals surface area contributed by atoms with Gasteiger partial charge in [0, 0.05) is 5.69 Å². The molecule has 2 heterocycles. The second-order valence-corrected chi connectivity index (χ2v) is 7.22. The average Bonchev–Trinajstić information content (AvgIpc) is 2.72. The van der Waals surface area contributed by atoms with Gasteiger partial charge in [-0.15, -0.1) is 0 Å². The fraction of sp³-hybridized carbons (Fsp3) is 0.360. The highest BCUT2D eigenvalue weighted by atomic mass is 14.9. The minimum atomic E-state index is 0.594. The molecule has 1 nitrogen and oxygen atoms in total. The third-order valence-electron chi connectivity index (χ3n) is 5.16. The van der Waals surface area contributed by atoms with E-state index in [1.54, 1.807) is 0 Å². The highest BCUT2D eigenvalue weighted by Gasteiger charge is 2.15. The smallest absolute Gasteiger partial charge is 0.0513 e. The van der Waals surface area contributed by atoms with E-state index in [1.807, 2.05) is 0 Å². The molecule has 2 aliphatic rings. The van der Waals surface area contributed by atoms with Crippen molar-refractivity contribution in [1.29, 1.82) is 0 Å². The van der Waals surface area contributed by atoms with Crippen LogP contribution in [-0.2, 0) is 0 Å². The number of unbranched alkanes of at least 4 members (excludes halogenated alkanes) is 5. The van der Waals surface area contributed by atoms with Crippen LogP contribution in [0.3, 0.4) is 0 Å². The summed E-state index contributed by atoms with van der Waals surface area (Å²) in [4.78, 5) is 0. The largest absolute Gasteiger partial charge is 0.378 e. The van der Waals surface area contributed by atoms with Crippen molar-refractivity contribution in [3.63, 3.8) is 0 Å². The molecule has 136 valence electrons. The summed E-state index contributed by atoms with van der Waals surface area (Å²) in [5, 5.41) is 6.18. The summed E-state index contributed by atoms with van der Waals surface area (Å²) in [6.45, 7) is 2.27. The Morgan fingerprint density at radius 3 is 1.69 bits per heavy atom. The maximum atomic E-state index is 3.56. The minimum absolute atomic E-state index is 0.594. The van der Waals surface area contributed by atoms with Crippen LogP contribution in [0, 0.1) is 0 Å². The van der Waals surface area contributed by atoms with Crippen LogP contribution in [0.4, 0.5) is 5.69 Å². The van der Waals surface area contributed by atoms with E-state index in [4.69, 9.17) is 0 Å². The molecule has 0 radical (unpaired) electrons. The Morgan fingerprint density at radius 1 is 0.654 bits per heavy atom. The van der Waals surface area contributed by atoms with Gasteiger partial charge in [0.05, 0.1) is 6.04 Å². The van der Waals surface area contributed by atoms with Crippen molar-refractivity contribution in [2.45, 2.75) is 57.9 Å². The summed E-state index contributed by atoms with van der Waals surface area (Å²) in [5.74, 6) is 0. The Kier molecular flexibility index (Phi) is 7.13. The first-order valence-electron chi connectivity index (χ1n) is 10.2. The molecule has 2 aliphatic heterocycles. The number of anilines is 1. The van der Waals surface area contributed by atoms with E-state index in [0.717, 1.165) is 0 Å². The molecule has 3 aromatic carbocycles. The van der Waals surface area contributed by atoms with Crippen molar-refractivity contribution in [2.24, 2.45) is 0 Å². The zero-order chi connectivity index (χ0) is 18.0. The van der Waals surface area contributed by atoms with Crippen LogP contribution < -0.4 is 5.32 Å². The average molecular weight is 346 g/mol. The highest BCUT2D eigenvalue weighted by molar-refractivity contribution is 5.82. The van der Waals surface area contributed by atoms with Crippen LogP contribution in [-0.4, -0.2) is 0 Å². The van der Waals surface area contributed by atoms with Crippen LogP contribution in [0.1, 0.15) is 63.5 Å². The van der Waals surface area contributed by atoms with Gasteiger partial charge < -0.3 is 5.32 Å². The number of nitrogens with one attached hydrogen (secondary N) is 1. The summed E-state index contributed by atoms with van der Waals surface area (Å²) in [7, 11) is 0. The Hall–Kier alpha value is -2.28. The molecule has 0 saturated carbocycles. The van der Waals surface area contributed by atoms with E-state index < -0.39 is 0 Å². The predicted molar refractivity (Wildman–Crippen MR) is 115 cm³/mol. The SMILES string of the molecule is CCCCCCCCC1Nc2ccc1cc2.c1ccc2ccccc2c1. The van der Waals surface area contributed by atoms with Crippen molar-refractivity contribution >= 4 is 16.5 Å². The van der Waals surface area contributed by atoms with Crippen LogP contribution in [0.2, 0.25) is 0 Å². The van der Waals surface area contributed by atoms with Gasteiger partial charge in [0.2, 0.25) is 0 Å². The summed E-state index contributed by atoms with van der Waals surface area (Å²) in [5.41, 5.74) is 2.74. The number of fused-ring (bicyclic) bond motifs is 4. The van der Waals surface area contributed by atoms with Gasteiger partial charge in [0.25, 0.3) is 0 Å². The zero-order valence-electron chi connectivity index (χ0n) is 16.0. The lowest BCUT2D eigenvalue weighted by Crippen LogP contribution is -2.14. The zero-order valence-corrected chi connectivity index (χ0v) is 16.0. The lowest BCUT2D eigenvalue weighted by Gasteiger charge is -2.25. The third-order valence-corrected chi connectivity index (χ3v) is 5.16. The molecule has 1 unspecified atom stereocenters. The van der Waals surface area contributed by atoms with Crippen molar-refractivity contribution < 1.29 is 0 Å². The first-order valence-corrected chi connectivity index (χ1v) is 10.2. The van der Waals surface area contributed by atoms with Gasteiger partial charge in [0.15, 0.2) is 0 Å². The van der Waals surface area contributed by atoms with E-state index in [2.05, 4.69) is 85.0 Å². The lowest BCUT2D eigenvalue weighted by atomic mass is 9.96. The monoisotopic (exact) mass is 345 g/mol. The third kappa shape index (κ3) is 5.36. The molecule has 1 heteroatoms.